The van der Waals surface area contributed by atoms with Crippen molar-refractivity contribution in [1.82, 2.24) is 5.32 Å². The van der Waals surface area contributed by atoms with Gasteiger partial charge >= 0.3 is 0 Å². The van der Waals surface area contributed by atoms with Gasteiger partial charge < -0.3 is 5.32 Å². The van der Waals surface area contributed by atoms with E-state index in [9.17, 15) is 8.42 Å². The standard InChI is InChI=1S/C7H15NO2S/c1-7(3-4-7)8-5-6-11(2,9)10/h8H,3-6H2,1-2H3. The molecule has 0 radical (unpaired) electrons. The first kappa shape index (κ1) is 9.00. The van der Waals surface area contributed by atoms with Gasteiger partial charge in [-0.1, -0.05) is 0 Å². The second-order valence-electron chi connectivity index (χ2n) is 3.62. The molecule has 3 nitrogen and oxygen atoms in total. The molecule has 1 aliphatic rings. The molecule has 0 saturated heterocycles. The zero-order chi connectivity index (χ0) is 8.54. The molecule has 1 saturated carbocycles. The molecule has 1 rings (SSSR count). The maximum Gasteiger partial charge on any atom is 0.148 e. The number of hydrogen-bond acceptors (Lipinski definition) is 3. The molecule has 1 aliphatic carbocycles. The van der Waals surface area contributed by atoms with Crippen molar-refractivity contribution >= 4 is 9.84 Å². The molecule has 4 heteroatoms. The zero-order valence-electron chi connectivity index (χ0n) is 7.05. The Bertz CT molecular complexity index is 229. The number of nitrogens with one attached hydrogen (secondary N) is 1. The third-order valence-electron chi connectivity index (χ3n) is 2.02. The van der Waals surface area contributed by atoms with E-state index in [-0.39, 0.29) is 11.3 Å². The van der Waals surface area contributed by atoms with Gasteiger partial charge in [-0.05, 0) is 19.8 Å². The van der Waals surface area contributed by atoms with Gasteiger partial charge in [-0.25, -0.2) is 8.42 Å². The molecule has 0 amide bonds. The molecule has 66 valence electrons. The Morgan fingerprint density at radius 1 is 1.45 bits per heavy atom. The van der Waals surface area contributed by atoms with Crippen molar-refractivity contribution in [3.63, 3.8) is 0 Å². The fourth-order valence-electron chi connectivity index (χ4n) is 0.902. The Labute approximate surface area is 68.1 Å². The van der Waals surface area contributed by atoms with E-state index in [0.717, 1.165) is 0 Å². The van der Waals surface area contributed by atoms with E-state index in [1.54, 1.807) is 0 Å². The molecular weight excluding hydrogens is 162 g/mol. The predicted molar refractivity (Wildman–Crippen MR) is 45.4 cm³/mol. The second kappa shape index (κ2) is 2.75. The van der Waals surface area contributed by atoms with Crippen LogP contribution >= 0.6 is 0 Å². The monoisotopic (exact) mass is 177 g/mol. The average Bonchev–Trinajstić information content (AvgIpc) is 2.44. The van der Waals surface area contributed by atoms with Crippen LogP contribution in [0.1, 0.15) is 19.8 Å². The molecule has 0 aliphatic heterocycles. The molecule has 1 N–H and O–H groups in total. The highest BCUT2D eigenvalue weighted by atomic mass is 32.2. The van der Waals surface area contributed by atoms with Crippen LogP contribution in [0, 0.1) is 0 Å². The summed E-state index contributed by atoms with van der Waals surface area (Å²) in [5, 5.41) is 3.21. The Hall–Kier alpha value is -0.0900. The van der Waals surface area contributed by atoms with Crippen molar-refractivity contribution < 1.29 is 8.42 Å². The molecule has 0 heterocycles. The Kier molecular flexibility index (Phi) is 2.25. The Balaban J connectivity index is 2.15. The van der Waals surface area contributed by atoms with Crippen molar-refractivity contribution in [2.45, 2.75) is 25.3 Å². The van der Waals surface area contributed by atoms with Crippen LogP contribution in [0.25, 0.3) is 0 Å². The van der Waals surface area contributed by atoms with Crippen molar-refractivity contribution in [3.8, 4) is 0 Å². The SMILES string of the molecule is CC1(NCCS(C)(=O)=O)CC1. The minimum absolute atomic E-state index is 0.253. The van der Waals surface area contributed by atoms with Crippen LogP contribution in [0.2, 0.25) is 0 Å². The molecule has 0 aromatic rings. The zero-order valence-corrected chi connectivity index (χ0v) is 7.87. The van der Waals surface area contributed by atoms with Gasteiger partial charge in [0.15, 0.2) is 0 Å². The third-order valence-corrected chi connectivity index (χ3v) is 2.97. The Morgan fingerprint density at radius 2 is 2.00 bits per heavy atom. The lowest BCUT2D eigenvalue weighted by Crippen LogP contribution is -2.32. The summed E-state index contributed by atoms with van der Waals surface area (Å²) in [6.07, 6.45) is 3.62. The molecule has 0 atom stereocenters. The smallest absolute Gasteiger partial charge is 0.148 e. The lowest BCUT2D eigenvalue weighted by Gasteiger charge is -2.09. The summed E-state index contributed by atoms with van der Waals surface area (Å²) in [6, 6.07) is 0. The minimum Gasteiger partial charge on any atom is -0.311 e. The van der Waals surface area contributed by atoms with Crippen molar-refractivity contribution in [3.05, 3.63) is 0 Å². The van der Waals surface area contributed by atoms with Crippen LogP contribution < -0.4 is 5.32 Å². The molecule has 11 heavy (non-hydrogen) atoms. The minimum atomic E-state index is -2.78. The molecule has 0 aromatic carbocycles. The average molecular weight is 177 g/mol. The van der Waals surface area contributed by atoms with Crippen LogP contribution in [-0.4, -0.2) is 32.5 Å². The summed E-state index contributed by atoms with van der Waals surface area (Å²) < 4.78 is 21.4. The van der Waals surface area contributed by atoms with Gasteiger partial charge in [0.25, 0.3) is 0 Å². The second-order valence-corrected chi connectivity index (χ2v) is 5.88. The van der Waals surface area contributed by atoms with E-state index in [4.69, 9.17) is 0 Å². The summed E-state index contributed by atoms with van der Waals surface area (Å²) in [5.74, 6) is 0.253. The number of sulfone groups is 1. The van der Waals surface area contributed by atoms with E-state index >= 15 is 0 Å². The molecule has 1 fully saturated rings. The molecule has 0 bridgehead atoms. The van der Waals surface area contributed by atoms with Crippen LogP contribution in [0.4, 0.5) is 0 Å². The van der Waals surface area contributed by atoms with Gasteiger partial charge in [0.2, 0.25) is 0 Å². The summed E-state index contributed by atoms with van der Waals surface area (Å²) in [4.78, 5) is 0. The first-order chi connectivity index (χ1) is 4.91. The highest BCUT2D eigenvalue weighted by molar-refractivity contribution is 7.90. The lowest BCUT2D eigenvalue weighted by atomic mass is 10.3. The van der Waals surface area contributed by atoms with E-state index in [2.05, 4.69) is 12.2 Å². The van der Waals surface area contributed by atoms with Gasteiger partial charge in [-0.15, -0.1) is 0 Å². The lowest BCUT2D eigenvalue weighted by molar-refractivity contribution is 0.550. The van der Waals surface area contributed by atoms with E-state index in [1.165, 1.54) is 19.1 Å². The molecule has 0 aromatic heterocycles. The van der Waals surface area contributed by atoms with Gasteiger partial charge in [0.1, 0.15) is 9.84 Å². The molecule has 0 spiro atoms. The maximum atomic E-state index is 10.7. The fraction of sp³-hybridized carbons (Fsp3) is 1.00. The van der Waals surface area contributed by atoms with Crippen LogP contribution in [0.5, 0.6) is 0 Å². The molecular formula is C7H15NO2S. The largest absolute Gasteiger partial charge is 0.311 e. The Morgan fingerprint density at radius 3 is 2.36 bits per heavy atom. The van der Waals surface area contributed by atoms with Crippen LogP contribution in [-0.2, 0) is 9.84 Å². The van der Waals surface area contributed by atoms with Crippen molar-refractivity contribution in [2.75, 3.05) is 18.6 Å². The van der Waals surface area contributed by atoms with E-state index < -0.39 is 9.84 Å². The topological polar surface area (TPSA) is 46.2 Å². The summed E-state index contributed by atoms with van der Waals surface area (Å²) in [5.41, 5.74) is 0.255. The van der Waals surface area contributed by atoms with Gasteiger partial charge in [-0.3, -0.25) is 0 Å². The van der Waals surface area contributed by atoms with Crippen molar-refractivity contribution in [2.24, 2.45) is 0 Å². The highest BCUT2D eigenvalue weighted by Crippen LogP contribution is 2.33. The summed E-state index contributed by atoms with van der Waals surface area (Å²) in [6.45, 7) is 2.71. The van der Waals surface area contributed by atoms with Crippen molar-refractivity contribution in [1.29, 1.82) is 0 Å². The van der Waals surface area contributed by atoms with Gasteiger partial charge in [0.05, 0.1) is 5.75 Å². The van der Waals surface area contributed by atoms with Gasteiger partial charge in [0, 0.05) is 18.3 Å². The van der Waals surface area contributed by atoms with Gasteiger partial charge in [-0.2, -0.15) is 0 Å². The summed E-state index contributed by atoms with van der Waals surface area (Å²) in [7, 11) is -2.78. The van der Waals surface area contributed by atoms with E-state index in [0.29, 0.717) is 6.54 Å². The van der Waals surface area contributed by atoms with Crippen LogP contribution in [0.15, 0.2) is 0 Å². The first-order valence-electron chi connectivity index (χ1n) is 3.84. The summed E-state index contributed by atoms with van der Waals surface area (Å²) >= 11 is 0. The normalized spacial score (nSPS) is 21.6. The third kappa shape index (κ3) is 3.72. The highest BCUT2D eigenvalue weighted by Gasteiger charge is 2.36. The fourth-order valence-corrected chi connectivity index (χ4v) is 1.38. The predicted octanol–water partition coefficient (Wildman–Crippen LogP) is 0.173. The first-order valence-corrected chi connectivity index (χ1v) is 5.90. The molecule has 0 unspecified atom stereocenters. The maximum absolute atomic E-state index is 10.7. The van der Waals surface area contributed by atoms with E-state index in [1.807, 2.05) is 0 Å². The number of rotatable bonds is 4. The number of hydrogen-bond donors (Lipinski definition) is 1. The quantitative estimate of drug-likeness (QED) is 0.666. The van der Waals surface area contributed by atoms with Crippen LogP contribution in [0.3, 0.4) is 0 Å².